The number of rotatable bonds is 4. The van der Waals surface area contributed by atoms with Crippen molar-refractivity contribution in [2.75, 3.05) is 0 Å². The Kier molecular flexibility index (Phi) is 5.03. The first-order valence-corrected chi connectivity index (χ1v) is 12.2. The summed E-state index contributed by atoms with van der Waals surface area (Å²) in [5.74, 6) is 0.837. The normalized spacial score (nSPS) is 11.2. The van der Waals surface area contributed by atoms with Gasteiger partial charge in [0.15, 0.2) is 0 Å². The summed E-state index contributed by atoms with van der Waals surface area (Å²) in [5, 5.41) is 1.11. The maximum Gasteiger partial charge on any atom is 0.138 e. The molecule has 0 bridgehead atoms. The summed E-state index contributed by atoms with van der Waals surface area (Å²) in [6.07, 6.45) is 3.65. The molecular weight excluding hydrogens is 454 g/mol. The minimum absolute atomic E-state index is 0.819. The maximum absolute atomic E-state index is 5.04. The van der Waals surface area contributed by atoms with Gasteiger partial charge in [-0.3, -0.25) is 14.5 Å². The third-order valence-corrected chi connectivity index (χ3v) is 6.54. The Bertz CT molecular complexity index is 1820. The quantitative estimate of drug-likeness (QED) is 0.267. The van der Waals surface area contributed by atoms with Crippen LogP contribution in [0.4, 0.5) is 0 Å². The average molecular weight is 476 g/mol. The van der Waals surface area contributed by atoms with Gasteiger partial charge in [-0.2, -0.15) is 0 Å². The molecule has 0 unspecified atom stereocenters. The lowest BCUT2D eigenvalue weighted by Crippen LogP contribution is -1.99. The van der Waals surface area contributed by atoms with E-state index >= 15 is 0 Å². The lowest BCUT2D eigenvalue weighted by Gasteiger charge is -2.10. The third-order valence-electron chi connectivity index (χ3n) is 6.54. The highest BCUT2D eigenvalue weighted by molar-refractivity contribution is 6.06. The molecule has 0 N–H and O–H groups in total. The van der Waals surface area contributed by atoms with Crippen molar-refractivity contribution in [1.29, 1.82) is 0 Å². The van der Waals surface area contributed by atoms with Crippen LogP contribution < -0.4 is 0 Å². The Morgan fingerprint density at radius 1 is 0.432 bits per heavy atom. The van der Waals surface area contributed by atoms with E-state index < -0.39 is 0 Å². The van der Waals surface area contributed by atoms with Gasteiger partial charge in [0, 0.05) is 28.9 Å². The Labute approximate surface area is 213 Å². The molecule has 0 atom stereocenters. The van der Waals surface area contributed by atoms with E-state index in [1.807, 2.05) is 85.2 Å². The van der Waals surface area contributed by atoms with Crippen molar-refractivity contribution in [3.63, 3.8) is 0 Å². The van der Waals surface area contributed by atoms with Gasteiger partial charge in [-0.15, -0.1) is 0 Å². The lowest BCUT2D eigenvalue weighted by molar-refractivity contribution is 1.08. The predicted molar refractivity (Wildman–Crippen MR) is 148 cm³/mol. The van der Waals surface area contributed by atoms with Crippen LogP contribution in [0, 0.1) is 0 Å². The van der Waals surface area contributed by atoms with Gasteiger partial charge >= 0.3 is 0 Å². The van der Waals surface area contributed by atoms with Crippen LogP contribution in [0.2, 0.25) is 0 Å². The van der Waals surface area contributed by atoms with Crippen molar-refractivity contribution in [2.45, 2.75) is 0 Å². The number of hydrogen-bond acceptors (Lipinski definition) is 4. The maximum atomic E-state index is 5.04. The summed E-state index contributed by atoms with van der Waals surface area (Å²) in [5.41, 5.74) is 8.71. The molecule has 0 spiro atoms. The van der Waals surface area contributed by atoms with E-state index in [0.717, 1.165) is 61.7 Å². The molecule has 174 valence electrons. The summed E-state index contributed by atoms with van der Waals surface area (Å²) in [6, 6.07) is 38.8. The van der Waals surface area contributed by atoms with E-state index in [-0.39, 0.29) is 0 Å². The Morgan fingerprint density at radius 2 is 1.08 bits per heavy atom. The summed E-state index contributed by atoms with van der Waals surface area (Å²) in [4.78, 5) is 19.1. The SMILES string of the molecule is c1ccc(-c2ccc(-c3cccc(-c4cccc(-n5c6ccccc6c6ncccc65)n4)n3)cc2)nc1. The second-order valence-corrected chi connectivity index (χ2v) is 8.81. The molecule has 0 amide bonds. The first-order chi connectivity index (χ1) is 18.3. The highest BCUT2D eigenvalue weighted by Gasteiger charge is 2.14. The second-order valence-electron chi connectivity index (χ2n) is 8.81. The predicted octanol–water partition coefficient (Wildman–Crippen LogP) is 7.36. The number of aromatic nitrogens is 5. The molecule has 7 rings (SSSR count). The van der Waals surface area contributed by atoms with Crippen LogP contribution in [-0.2, 0) is 0 Å². The molecule has 5 heterocycles. The topological polar surface area (TPSA) is 56.5 Å². The highest BCUT2D eigenvalue weighted by Crippen LogP contribution is 2.31. The highest BCUT2D eigenvalue weighted by atomic mass is 15.1. The van der Waals surface area contributed by atoms with E-state index in [0.29, 0.717) is 0 Å². The van der Waals surface area contributed by atoms with Crippen molar-refractivity contribution in [2.24, 2.45) is 0 Å². The standard InChI is InChI=1S/C32H21N5/c1-2-13-29-24(8-1)32-30(14-7-21-34-32)37(29)31-15-6-12-28(36-31)27-11-5-10-26(35-27)23-18-16-22(17-19-23)25-9-3-4-20-33-25/h1-21H. The summed E-state index contributed by atoms with van der Waals surface area (Å²) < 4.78 is 2.17. The van der Waals surface area contributed by atoms with Crippen molar-refractivity contribution in [3.05, 3.63) is 128 Å². The zero-order valence-corrected chi connectivity index (χ0v) is 19.9. The fourth-order valence-electron chi connectivity index (χ4n) is 4.80. The number of pyridine rings is 4. The van der Waals surface area contributed by atoms with Crippen LogP contribution in [0.15, 0.2) is 128 Å². The van der Waals surface area contributed by atoms with Crippen molar-refractivity contribution >= 4 is 21.9 Å². The molecule has 0 aliphatic rings. The summed E-state index contributed by atoms with van der Waals surface area (Å²) in [7, 11) is 0. The third kappa shape index (κ3) is 3.74. The number of fused-ring (bicyclic) bond motifs is 3. The first kappa shape index (κ1) is 21.1. The number of hydrogen-bond donors (Lipinski definition) is 0. The Morgan fingerprint density at radius 3 is 1.92 bits per heavy atom. The van der Waals surface area contributed by atoms with Crippen LogP contribution in [-0.4, -0.2) is 24.5 Å². The molecule has 2 aromatic carbocycles. The smallest absolute Gasteiger partial charge is 0.138 e. The molecule has 37 heavy (non-hydrogen) atoms. The van der Waals surface area contributed by atoms with Crippen molar-refractivity contribution in [1.82, 2.24) is 24.5 Å². The minimum atomic E-state index is 0.819. The van der Waals surface area contributed by atoms with Crippen molar-refractivity contribution in [3.8, 4) is 39.7 Å². The Hall–Kier alpha value is -5.16. The van der Waals surface area contributed by atoms with Crippen molar-refractivity contribution < 1.29 is 0 Å². The molecule has 0 saturated heterocycles. The molecule has 5 heteroatoms. The largest absolute Gasteiger partial charge is 0.292 e. The molecule has 0 radical (unpaired) electrons. The summed E-state index contributed by atoms with van der Waals surface area (Å²) in [6.45, 7) is 0. The molecule has 5 nitrogen and oxygen atoms in total. The van der Waals surface area contributed by atoms with E-state index in [9.17, 15) is 0 Å². The van der Waals surface area contributed by atoms with Gasteiger partial charge in [0.25, 0.3) is 0 Å². The summed E-state index contributed by atoms with van der Waals surface area (Å²) >= 11 is 0. The lowest BCUT2D eigenvalue weighted by atomic mass is 10.1. The van der Waals surface area contributed by atoms with Crippen LogP contribution in [0.5, 0.6) is 0 Å². The molecule has 0 aliphatic heterocycles. The average Bonchev–Trinajstić information content (AvgIpc) is 3.32. The number of benzene rings is 2. The molecule has 0 fully saturated rings. The molecule has 0 aliphatic carbocycles. The van der Waals surface area contributed by atoms with Crippen LogP contribution in [0.1, 0.15) is 0 Å². The van der Waals surface area contributed by atoms with Crippen LogP contribution >= 0.6 is 0 Å². The van der Waals surface area contributed by atoms with E-state index in [4.69, 9.17) is 9.97 Å². The molecule has 5 aromatic heterocycles. The molecule has 0 saturated carbocycles. The van der Waals surface area contributed by atoms with E-state index in [2.05, 4.69) is 57.0 Å². The van der Waals surface area contributed by atoms with Crippen LogP contribution in [0.25, 0.3) is 61.7 Å². The van der Waals surface area contributed by atoms with Gasteiger partial charge in [-0.1, -0.05) is 60.7 Å². The second kappa shape index (κ2) is 8.81. The molecule has 7 aromatic rings. The minimum Gasteiger partial charge on any atom is -0.292 e. The zero-order valence-electron chi connectivity index (χ0n) is 19.9. The van der Waals surface area contributed by atoms with Gasteiger partial charge in [-0.05, 0) is 54.6 Å². The fraction of sp³-hybridized carbons (Fsp3) is 0. The molecular formula is C32H21N5. The first-order valence-electron chi connectivity index (χ1n) is 12.2. The zero-order chi connectivity index (χ0) is 24.6. The Balaban J connectivity index is 1.29. The van der Waals surface area contributed by atoms with Gasteiger partial charge in [-0.25, -0.2) is 9.97 Å². The number of para-hydroxylation sites is 1. The van der Waals surface area contributed by atoms with E-state index in [1.165, 1.54) is 0 Å². The van der Waals surface area contributed by atoms with Crippen LogP contribution in [0.3, 0.4) is 0 Å². The van der Waals surface area contributed by atoms with Gasteiger partial charge < -0.3 is 0 Å². The van der Waals surface area contributed by atoms with Gasteiger partial charge in [0.05, 0.1) is 39.3 Å². The monoisotopic (exact) mass is 475 g/mol. The number of nitrogens with zero attached hydrogens (tertiary/aromatic N) is 5. The van der Waals surface area contributed by atoms with Gasteiger partial charge in [0.1, 0.15) is 5.82 Å². The fourth-order valence-corrected chi connectivity index (χ4v) is 4.80. The van der Waals surface area contributed by atoms with Gasteiger partial charge in [0.2, 0.25) is 0 Å². The van der Waals surface area contributed by atoms with E-state index in [1.54, 1.807) is 0 Å².